The molecule has 0 aromatic carbocycles. The minimum Gasteiger partial charge on any atom is -0.314 e. The van der Waals surface area contributed by atoms with Gasteiger partial charge < -0.3 is 5.32 Å². The van der Waals surface area contributed by atoms with Gasteiger partial charge in [0.25, 0.3) is 0 Å². The average molecular weight is 260 g/mol. The number of nitrogens with one attached hydrogen (secondary N) is 1. The summed E-state index contributed by atoms with van der Waals surface area (Å²) in [6.07, 6.45) is 3.61. The molecule has 0 amide bonds. The van der Waals surface area contributed by atoms with Gasteiger partial charge in [-0.25, -0.2) is 0 Å². The fourth-order valence-corrected chi connectivity index (χ4v) is 3.07. The van der Waals surface area contributed by atoms with E-state index in [2.05, 4.69) is 32.2 Å². The maximum absolute atomic E-state index is 5.92. The highest BCUT2D eigenvalue weighted by molar-refractivity contribution is 7.16. The fourth-order valence-electron chi connectivity index (χ4n) is 1.96. The highest BCUT2D eigenvalue weighted by atomic mass is 35.5. The maximum atomic E-state index is 5.92. The monoisotopic (exact) mass is 259 g/mol. The Morgan fingerprint density at radius 2 is 2.12 bits per heavy atom. The summed E-state index contributed by atoms with van der Waals surface area (Å²) in [4.78, 5) is 1.40. The molecule has 3 heteroatoms. The molecule has 92 valence electrons. The first-order valence-corrected chi connectivity index (χ1v) is 7.28. The molecular weight excluding hydrogens is 238 g/mol. The third-order valence-electron chi connectivity index (χ3n) is 2.62. The van der Waals surface area contributed by atoms with Gasteiger partial charge in [-0.3, -0.25) is 0 Å². The first-order chi connectivity index (χ1) is 7.61. The van der Waals surface area contributed by atoms with Crippen LogP contribution in [0.5, 0.6) is 0 Å². The zero-order valence-electron chi connectivity index (χ0n) is 10.4. The SMILES string of the molecule is CCNC(CCc1ccc(Cl)s1)CC(C)C. The molecule has 0 aliphatic heterocycles. The first kappa shape index (κ1) is 14.0. The molecule has 1 heterocycles. The van der Waals surface area contributed by atoms with E-state index in [1.807, 2.05) is 6.07 Å². The number of rotatable bonds is 7. The predicted molar refractivity (Wildman–Crippen MR) is 74.6 cm³/mol. The molecule has 0 aliphatic rings. The highest BCUT2D eigenvalue weighted by Crippen LogP contribution is 2.23. The second-order valence-corrected chi connectivity index (χ2v) is 6.43. The van der Waals surface area contributed by atoms with Crippen LogP contribution in [0.1, 0.15) is 38.5 Å². The number of thiophene rings is 1. The van der Waals surface area contributed by atoms with E-state index in [1.54, 1.807) is 11.3 Å². The van der Waals surface area contributed by atoms with Gasteiger partial charge in [0.05, 0.1) is 4.34 Å². The van der Waals surface area contributed by atoms with Gasteiger partial charge in [0.2, 0.25) is 0 Å². The molecule has 0 aliphatic carbocycles. The smallest absolute Gasteiger partial charge is 0.0931 e. The van der Waals surface area contributed by atoms with Crippen molar-refractivity contribution >= 4 is 22.9 Å². The Morgan fingerprint density at radius 1 is 1.38 bits per heavy atom. The second kappa shape index (κ2) is 7.31. The Kier molecular flexibility index (Phi) is 6.40. The third kappa shape index (κ3) is 5.33. The summed E-state index contributed by atoms with van der Waals surface area (Å²) in [5.41, 5.74) is 0. The molecular formula is C13H22ClNS. The van der Waals surface area contributed by atoms with Crippen LogP contribution < -0.4 is 5.32 Å². The Balaban J connectivity index is 2.36. The Morgan fingerprint density at radius 3 is 2.62 bits per heavy atom. The van der Waals surface area contributed by atoms with E-state index in [-0.39, 0.29) is 0 Å². The van der Waals surface area contributed by atoms with Gasteiger partial charge in [0.1, 0.15) is 0 Å². The lowest BCUT2D eigenvalue weighted by atomic mass is 9.99. The van der Waals surface area contributed by atoms with Crippen molar-refractivity contribution in [3.05, 3.63) is 21.3 Å². The van der Waals surface area contributed by atoms with Crippen molar-refractivity contribution in [2.75, 3.05) is 6.54 Å². The van der Waals surface area contributed by atoms with Crippen LogP contribution in [0.4, 0.5) is 0 Å². The van der Waals surface area contributed by atoms with E-state index in [1.165, 1.54) is 17.7 Å². The highest BCUT2D eigenvalue weighted by Gasteiger charge is 2.10. The lowest BCUT2D eigenvalue weighted by Crippen LogP contribution is -2.30. The number of halogens is 1. The largest absolute Gasteiger partial charge is 0.314 e. The summed E-state index contributed by atoms with van der Waals surface area (Å²) >= 11 is 7.63. The van der Waals surface area contributed by atoms with Crippen molar-refractivity contribution in [2.45, 2.75) is 46.1 Å². The molecule has 0 bridgehead atoms. The van der Waals surface area contributed by atoms with Crippen molar-refractivity contribution < 1.29 is 0 Å². The van der Waals surface area contributed by atoms with Gasteiger partial charge in [0.15, 0.2) is 0 Å². The zero-order valence-corrected chi connectivity index (χ0v) is 12.0. The number of hydrogen-bond acceptors (Lipinski definition) is 2. The molecule has 1 aromatic heterocycles. The quantitative estimate of drug-likeness (QED) is 0.767. The second-order valence-electron chi connectivity index (χ2n) is 4.63. The van der Waals surface area contributed by atoms with E-state index >= 15 is 0 Å². The average Bonchev–Trinajstić information content (AvgIpc) is 2.60. The Bertz CT molecular complexity index is 296. The van der Waals surface area contributed by atoms with Gasteiger partial charge >= 0.3 is 0 Å². The molecule has 1 nitrogen and oxygen atoms in total. The Hall–Kier alpha value is -0.0500. The minimum absolute atomic E-state index is 0.644. The lowest BCUT2D eigenvalue weighted by Gasteiger charge is -2.19. The standard InChI is InChI=1S/C13H22ClNS/c1-4-15-11(9-10(2)3)5-6-12-7-8-13(14)16-12/h7-8,10-11,15H,4-6,9H2,1-3H3. The molecule has 0 saturated heterocycles. The van der Waals surface area contributed by atoms with Crippen molar-refractivity contribution in [2.24, 2.45) is 5.92 Å². The van der Waals surface area contributed by atoms with E-state index < -0.39 is 0 Å². The van der Waals surface area contributed by atoms with Crippen molar-refractivity contribution in [1.82, 2.24) is 5.32 Å². The van der Waals surface area contributed by atoms with Gasteiger partial charge in [-0.05, 0) is 43.9 Å². The van der Waals surface area contributed by atoms with Crippen LogP contribution in [0.2, 0.25) is 4.34 Å². The summed E-state index contributed by atoms with van der Waals surface area (Å²) in [7, 11) is 0. The topological polar surface area (TPSA) is 12.0 Å². The third-order valence-corrected chi connectivity index (χ3v) is 3.91. The van der Waals surface area contributed by atoms with Gasteiger partial charge in [-0.15, -0.1) is 11.3 Å². The molecule has 1 aromatic rings. The van der Waals surface area contributed by atoms with Crippen LogP contribution in [0.15, 0.2) is 12.1 Å². The minimum atomic E-state index is 0.644. The molecule has 1 atom stereocenters. The molecule has 16 heavy (non-hydrogen) atoms. The summed E-state index contributed by atoms with van der Waals surface area (Å²) < 4.78 is 0.902. The van der Waals surface area contributed by atoms with Crippen LogP contribution in [0.3, 0.4) is 0 Å². The fraction of sp³-hybridized carbons (Fsp3) is 0.692. The van der Waals surface area contributed by atoms with Gasteiger partial charge in [-0.1, -0.05) is 32.4 Å². The molecule has 0 saturated carbocycles. The summed E-state index contributed by atoms with van der Waals surface area (Å²) in [5, 5.41) is 3.56. The molecule has 0 fully saturated rings. The number of hydrogen-bond donors (Lipinski definition) is 1. The van der Waals surface area contributed by atoms with Crippen molar-refractivity contribution in [3.63, 3.8) is 0 Å². The first-order valence-electron chi connectivity index (χ1n) is 6.09. The van der Waals surface area contributed by atoms with Gasteiger partial charge in [0, 0.05) is 10.9 Å². The predicted octanol–water partition coefficient (Wildman–Crippen LogP) is 4.36. The van der Waals surface area contributed by atoms with Crippen molar-refractivity contribution in [1.29, 1.82) is 0 Å². The molecule has 1 rings (SSSR count). The van der Waals surface area contributed by atoms with Crippen molar-refractivity contribution in [3.8, 4) is 0 Å². The lowest BCUT2D eigenvalue weighted by molar-refractivity contribution is 0.406. The van der Waals surface area contributed by atoms with E-state index in [4.69, 9.17) is 11.6 Å². The molecule has 0 radical (unpaired) electrons. The zero-order chi connectivity index (χ0) is 12.0. The van der Waals surface area contributed by atoms with Gasteiger partial charge in [-0.2, -0.15) is 0 Å². The van der Waals surface area contributed by atoms with Crippen LogP contribution in [0, 0.1) is 5.92 Å². The normalized spacial score (nSPS) is 13.3. The summed E-state index contributed by atoms with van der Waals surface area (Å²) in [6, 6.07) is 4.78. The van der Waals surface area contributed by atoms with Crippen LogP contribution >= 0.6 is 22.9 Å². The maximum Gasteiger partial charge on any atom is 0.0931 e. The van der Waals surface area contributed by atoms with E-state index in [0.717, 1.165) is 23.2 Å². The van der Waals surface area contributed by atoms with E-state index in [0.29, 0.717) is 6.04 Å². The van der Waals surface area contributed by atoms with E-state index in [9.17, 15) is 0 Å². The van der Waals surface area contributed by atoms with Crippen LogP contribution in [-0.4, -0.2) is 12.6 Å². The van der Waals surface area contributed by atoms with Crippen LogP contribution in [0.25, 0.3) is 0 Å². The molecule has 0 spiro atoms. The summed E-state index contributed by atoms with van der Waals surface area (Å²) in [5.74, 6) is 0.760. The van der Waals surface area contributed by atoms with Crippen LogP contribution in [-0.2, 0) is 6.42 Å². The number of aryl methyl sites for hydroxylation is 1. The molecule has 1 unspecified atom stereocenters. The summed E-state index contributed by atoms with van der Waals surface area (Å²) in [6.45, 7) is 7.80. The molecule has 1 N–H and O–H groups in total. The Labute approximate surface area is 108 Å².